The van der Waals surface area contributed by atoms with E-state index in [4.69, 9.17) is 14.2 Å². The maximum atomic E-state index is 12.3. The number of ether oxygens (including phenoxy) is 3. The van der Waals surface area contributed by atoms with Crippen LogP contribution in [0.15, 0.2) is 0 Å². The van der Waals surface area contributed by atoms with E-state index < -0.39 is 30.7 Å². The summed E-state index contributed by atoms with van der Waals surface area (Å²) in [5, 5.41) is 30.8. The van der Waals surface area contributed by atoms with Gasteiger partial charge >= 0.3 is 5.97 Å². The third kappa shape index (κ3) is 29.9. The van der Waals surface area contributed by atoms with Crippen LogP contribution < -0.4 is 24.0 Å². The van der Waals surface area contributed by atoms with Crippen molar-refractivity contribution in [3.8, 4) is 0 Å². The summed E-state index contributed by atoms with van der Waals surface area (Å²) in [4.78, 5) is 12.3. The van der Waals surface area contributed by atoms with E-state index in [2.05, 4.69) is 28.1 Å². The van der Waals surface area contributed by atoms with Gasteiger partial charge in [-0.2, -0.15) is 0 Å². The van der Waals surface area contributed by atoms with E-state index in [1.807, 2.05) is 0 Å². The van der Waals surface area contributed by atoms with Gasteiger partial charge in [-0.15, -0.1) is 0 Å². The Morgan fingerprint density at radius 3 is 1.29 bits per heavy atom. The van der Waals surface area contributed by atoms with Crippen LogP contribution in [0.4, 0.5) is 0 Å². The smallest absolute Gasteiger partial charge is 0.305 e. The highest BCUT2D eigenvalue weighted by Crippen LogP contribution is 2.23. The van der Waals surface area contributed by atoms with E-state index in [0.717, 1.165) is 36.7 Å². The quantitative estimate of drug-likeness (QED) is 0.0294. The number of unbranched alkanes of at least 4 members (excludes halogenated alkanes) is 26. The minimum atomic E-state index is -1.43. The Balaban J connectivity index is 0.0000250. The molecule has 306 valence electrons. The number of esters is 1. The molecule has 0 radical (unpaired) electrons. The predicted molar refractivity (Wildman–Crippen MR) is 206 cm³/mol. The van der Waals surface area contributed by atoms with Crippen LogP contribution in [0.3, 0.4) is 0 Å². The Labute approximate surface area is 332 Å². The van der Waals surface area contributed by atoms with Crippen molar-refractivity contribution in [2.24, 2.45) is 0 Å². The Kier molecular flexibility index (Phi) is 34.4. The van der Waals surface area contributed by atoms with Crippen LogP contribution in [0.5, 0.6) is 0 Å². The number of aliphatic hydroxyl groups excluding tert-OH is 3. The molecule has 0 aromatic carbocycles. The molecule has 0 amide bonds. The van der Waals surface area contributed by atoms with Gasteiger partial charge in [0.1, 0.15) is 31.0 Å². The normalized spacial score (nSPS) is 20.7. The highest BCUT2D eigenvalue weighted by Gasteiger charge is 2.44. The second kappa shape index (κ2) is 34.5. The van der Waals surface area contributed by atoms with E-state index in [1.165, 1.54) is 154 Å². The zero-order valence-electron chi connectivity index (χ0n) is 33.8. The van der Waals surface area contributed by atoms with Crippen molar-refractivity contribution in [2.75, 3.05) is 40.9 Å². The lowest BCUT2D eigenvalue weighted by Crippen LogP contribution is -3.00. The second-order valence-corrected chi connectivity index (χ2v) is 16.4. The van der Waals surface area contributed by atoms with Gasteiger partial charge in [0.15, 0.2) is 6.29 Å². The van der Waals surface area contributed by atoms with E-state index in [1.54, 1.807) is 0 Å². The van der Waals surface area contributed by atoms with Gasteiger partial charge < -0.3 is 58.0 Å². The standard InChI is InChI=1S/C42H84NO7.HI/c1-5-6-7-8-9-10-11-12-13-14-15-16-17-18-19-20-21-22-23-24-25-26-27-28-29-30-31-33-38(44)49-36-37-39(45)40(46)41(47)42(50-37)48-35-32-34-43(2,3)4;/h37,39-42,45-47H,5-36H2,1-4H3;1H/q+1;/p-1/t37-,39+,40-,41-,42?;/m0./s1. The van der Waals surface area contributed by atoms with Crippen LogP contribution in [-0.2, 0) is 19.0 Å². The van der Waals surface area contributed by atoms with E-state index in [9.17, 15) is 20.1 Å². The highest BCUT2D eigenvalue weighted by molar-refractivity contribution is 5.69. The molecule has 0 aliphatic carbocycles. The number of halogens is 1. The van der Waals surface area contributed by atoms with Gasteiger partial charge in [0, 0.05) is 12.8 Å². The summed E-state index contributed by atoms with van der Waals surface area (Å²) in [5.74, 6) is -0.332. The molecule has 51 heavy (non-hydrogen) atoms. The molecule has 1 unspecified atom stereocenters. The van der Waals surface area contributed by atoms with Crippen LogP contribution >= 0.6 is 0 Å². The van der Waals surface area contributed by atoms with Crippen LogP contribution in [0.1, 0.15) is 193 Å². The number of carbonyl (C=O) groups excluding carboxylic acids is 1. The molecule has 0 saturated carbocycles. The van der Waals surface area contributed by atoms with Gasteiger partial charge in [0.25, 0.3) is 0 Å². The minimum absolute atomic E-state index is 0. The molecule has 3 N–H and O–H groups in total. The lowest BCUT2D eigenvalue weighted by molar-refractivity contribution is -0.870. The molecular weight excluding hydrogens is 757 g/mol. The van der Waals surface area contributed by atoms with Crippen molar-refractivity contribution in [2.45, 2.75) is 224 Å². The van der Waals surface area contributed by atoms with Gasteiger partial charge in [0.05, 0.1) is 34.3 Å². The average molecular weight is 842 g/mol. The first-order valence-electron chi connectivity index (χ1n) is 21.4. The molecule has 0 spiro atoms. The van der Waals surface area contributed by atoms with Gasteiger partial charge in [-0.3, -0.25) is 4.79 Å². The van der Waals surface area contributed by atoms with E-state index in [-0.39, 0.29) is 36.6 Å². The molecule has 5 atom stereocenters. The summed E-state index contributed by atoms with van der Waals surface area (Å²) < 4.78 is 17.4. The zero-order chi connectivity index (χ0) is 36.7. The first-order chi connectivity index (χ1) is 24.2. The van der Waals surface area contributed by atoms with Gasteiger partial charge in [-0.1, -0.05) is 174 Å². The number of carbonyl (C=O) groups is 1. The Morgan fingerprint density at radius 1 is 0.549 bits per heavy atom. The number of rotatable bonds is 35. The molecular formula is C42H84INO7. The van der Waals surface area contributed by atoms with Crippen LogP contribution in [0.25, 0.3) is 0 Å². The molecule has 9 heteroatoms. The highest BCUT2D eigenvalue weighted by atomic mass is 127. The average Bonchev–Trinajstić information content (AvgIpc) is 3.08. The van der Waals surface area contributed by atoms with Crippen LogP contribution in [-0.4, -0.2) is 97.4 Å². The summed E-state index contributed by atoms with van der Waals surface area (Å²) >= 11 is 0. The molecule has 1 fully saturated rings. The van der Waals surface area contributed by atoms with Crippen LogP contribution in [0.2, 0.25) is 0 Å². The largest absolute Gasteiger partial charge is 1.00 e. The summed E-state index contributed by atoms with van der Waals surface area (Å²) in [7, 11) is 6.25. The minimum Gasteiger partial charge on any atom is -1.00 e. The lowest BCUT2D eigenvalue weighted by atomic mass is 9.99. The van der Waals surface area contributed by atoms with Crippen molar-refractivity contribution in [1.29, 1.82) is 0 Å². The van der Waals surface area contributed by atoms with Gasteiger partial charge in [0.2, 0.25) is 0 Å². The summed E-state index contributed by atoms with van der Waals surface area (Å²) in [5.41, 5.74) is 0. The molecule has 8 nitrogen and oxygen atoms in total. The molecule has 1 saturated heterocycles. The molecule has 1 aliphatic rings. The monoisotopic (exact) mass is 842 g/mol. The Bertz CT molecular complexity index is 768. The Morgan fingerprint density at radius 2 is 0.922 bits per heavy atom. The zero-order valence-corrected chi connectivity index (χ0v) is 36.0. The number of nitrogens with zero attached hydrogens (tertiary/aromatic N) is 1. The van der Waals surface area contributed by atoms with Crippen molar-refractivity contribution in [1.82, 2.24) is 0 Å². The van der Waals surface area contributed by atoms with Crippen molar-refractivity contribution < 1.29 is 62.8 Å². The fourth-order valence-corrected chi connectivity index (χ4v) is 6.94. The SMILES string of the molecule is CCCCCCCCCCCCCCCCCCCCCCCCCCCCCC(=O)OC[C@@H]1OC(OCCC[N+](C)(C)C)[C@@H](O)[C@@H](O)[C@@H]1O.[I-]. The molecule has 0 bridgehead atoms. The lowest BCUT2D eigenvalue weighted by Gasteiger charge is -2.40. The number of hydrogen-bond acceptors (Lipinski definition) is 7. The van der Waals surface area contributed by atoms with Gasteiger partial charge in [-0.05, 0) is 6.42 Å². The van der Waals surface area contributed by atoms with E-state index in [0.29, 0.717) is 13.0 Å². The fraction of sp³-hybridized carbons (Fsp3) is 0.976. The number of aliphatic hydroxyl groups is 3. The van der Waals surface area contributed by atoms with Crippen LogP contribution in [0, 0.1) is 0 Å². The fourth-order valence-electron chi connectivity index (χ4n) is 6.94. The molecule has 1 rings (SSSR count). The van der Waals surface area contributed by atoms with Crippen molar-refractivity contribution in [3.63, 3.8) is 0 Å². The first kappa shape index (κ1) is 51.0. The molecule has 1 heterocycles. The molecule has 1 aliphatic heterocycles. The van der Waals surface area contributed by atoms with E-state index >= 15 is 0 Å². The van der Waals surface area contributed by atoms with Gasteiger partial charge in [-0.25, -0.2) is 0 Å². The topological polar surface area (TPSA) is 105 Å². The second-order valence-electron chi connectivity index (χ2n) is 16.4. The predicted octanol–water partition coefficient (Wildman–Crippen LogP) is 6.40. The number of quaternary nitrogens is 1. The summed E-state index contributed by atoms with van der Waals surface area (Å²) in [6.45, 7) is 3.35. The third-order valence-corrected chi connectivity index (χ3v) is 10.3. The molecule has 0 aromatic heterocycles. The Hall–Kier alpha value is -0.0400. The molecule has 0 aromatic rings. The van der Waals surface area contributed by atoms with Crippen molar-refractivity contribution >= 4 is 5.97 Å². The first-order valence-corrected chi connectivity index (χ1v) is 21.4. The third-order valence-electron chi connectivity index (χ3n) is 10.3. The number of hydrogen-bond donors (Lipinski definition) is 3. The maximum absolute atomic E-state index is 12.3. The maximum Gasteiger partial charge on any atom is 0.305 e. The summed E-state index contributed by atoms with van der Waals surface area (Å²) in [6.07, 6.45) is 31.6. The van der Waals surface area contributed by atoms with Crippen molar-refractivity contribution in [3.05, 3.63) is 0 Å². The summed E-state index contributed by atoms with van der Waals surface area (Å²) in [6, 6.07) is 0.